The van der Waals surface area contributed by atoms with Crippen molar-refractivity contribution in [2.75, 3.05) is 0 Å². The maximum atomic E-state index is 6.15. The van der Waals surface area contributed by atoms with Crippen LogP contribution in [0.2, 0.25) is 0 Å². The summed E-state index contributed by atoms with van der Waals surface area (Å²) in [6.45, 7) is 4.48. The van der Waals surface area contributed by atoms with Gasteiger partial charge in [0.1, 0.15) is 0 Å². The third kappa shape index (κ3) is 8.99. The van der Waals surface area contributed by atoms with Crippen LogP contribution in [-0.2, 0) is 12.8 Å². The van der Waals surface area contributed by atoms with Crippen molar-refractivity contribution in [3.63, 3.8) is 0 Å². The van der Waals surface area contributed by atoms with Crippen LogP contribution in [0.25, 0.3) is 24.3 Å². The lowest BCUT2D eigenvalue weighted by Gasteiger charge is -2.01. The fourth-order valence-corrected chi connectivity index (χ4v) is 8.80. The van der Waals surface area contributed by atoms with E-state index in [1.54, 1.807) is 11.3 Å². The Bertz CT molecular complexity index is 1050. The van der Waals surface area contributed by atoms with Crippen molar-refractivity contribution in [1.82, 2.24) is 0 Å². The van der Waals surface area contributed by atoms with Gasteiger partial charge in [0.05, 0.1) is 0 Å². The molecule has 0 saturated heterocycles. The molecule has 0 bridgehead atoms. The van der Waals surface area contributed by atoms with Crippen molar-refractivity contribution in [2.45, 2.75) is 65.2 Å². The summed E-state index contributed by atoms with van der Waals surface area (Å²) in [7, 11) is 0. The van der Waals surface area contributed by atoms with Gasteiger partial charge in [0.15, 0.2) is 0 Å². The molecule has 0 nitrogen and oxygen atoms in total. The number of unbranched alkanes of at least 4 members (excludes halogenated alkanes) is 5. The largest absolute Gasteiger partial charge is 0.383 e. The van der Waals surface area contributed by atoms with Crippen LogP contribution in [0.5, 0.6) is 0 Å². The quantitative estimate of drug-likeness (QED) is 0.108. The zero-order valence-corrected chi connectivity index (χ0v) is 24.9. The van der Waals surface area contributed by atoms with Crippen LogP contribution in [0, 0.1) is 0 Å². The Kier molecular flexibility index (Phi) is 11.3. The fourth-order valence-electron chi connectivity index (χ4n) is 3.57. The fraction of sp³-hybridized carbons (Fsp3) is 0.385. The van der Waals surface area contributed by atoms with Crippen molar-refractivity contribution in [2.24, 2.45) is 0 Å². The van der Waals surface area contributed by atoms with Crippen LogP contribution < -0.4 is 4.50 Å². The van der Waals surface area contributed by atoms with Gasteiger partial charge in [0, 0.05) is 28.9 Å². The molecule has 0 atom stereocenters. The number of thiophene rings is 3. The number of halogens is 3. The Balaban J connectivity index is 1.72. The highest BCUT2D eigenvalue weighted by molar-refractivity contribution is 7.73. The van der Waals surface area contributed by atoms with Crippen molar-refractivity contribution in [3.05, 3.63) is 60.3 Å². The van der Waals surface area contributed by atoms with E-state index < -0.39 is 6.00 Å². The Hall–Kier alpha value is -0.333. The smallest absolute Gasteiger partial charge is 0.142 e. The normalized spacial score (nSPS) is 12.5. The molecule has 178 valence electrons. The van der Waals surface area contributed by atoms with Gasteiger partial charge in [-0.1, -0.05) is 46.0 Å². The molecule has 0 N–H and O–H groups in total. The molecule has 3 rings (SSSR count). The Morgan fingerprint density at radius 1 is 0.727 bits per heavy atom. The summed E-state index contributed by atoms with van der Waals surface area (Å²) in [6.07, 6.45) is 19.1. The third-order valence-electron chi connectivity index (χ3n) is 5.41. The molecule has 3 aromatic heterocycles. The summed E-state index contributed by atoms with van der Waals surface area (Å²) in [5, 5.41) is 0. The molecule has 0 radical (unpaired) electrons. The molecule has 7 heteroatoms. The molecule has 0 saturated carbocycles. The van der Waals surface area contributed by atoms with E-state index in [-0.39, 0.29) is 0 Å². The van der Waals surface area contributed by atoms with E-state index in [9.17, 15) is 0 Å². The minimum atomic E-state index is -2.80. The minimum absolute atomic E-state index is 0.883. The van der Waals surface area contributed by atoms with Crippen molar-refractivity contribution >= 4 is 102 Å². The van der Waals surface area contributed by atoms with Crippen molar-refractivity contribution in [1.29, 1.82) is 0 Å². The average Bonchev–Trinajstić information content (AvgIpc) is 3.52. The van der Waals surface area contributed by atoms with Crippen LogP contribution in [0.15, 0.2) is 30.3 Å². The Morgan fingerprint density at radius 3 is 2.09 bits per heavy atom. The summed E-state index contributed by atoms with van der Waals surface area (Å²) in [5.41, 5.74) is 1.46. The van der Waals surface area contributed by atoms with Gasteiger partial charge in [0.2, 0.25) is 0 Å². The minimum Gasteiger partial charge on any atom is -0.142 e. The summed E-state index contributed by atoms with van der Waals surface area (Å²) < 4.78 is 0.883. The Labute approximate surface area is 226 Å². The molecular weight excluding hydrogens is 543 g/mol. The molecule has 3 aromatic rings. The predicted octanol–water partition coefficient (Wildman–Crippen LogP) is 10.5. The van der Waals surface area contributed by atoms with Crippen LogP contribution in [0.3, 0.4) is 0 Å². The van der Waals surface area contributed by atoms with E-state index in [0.29, 0.717) is 0 Å². The highest BCUT2D eigenvalue weighted by atomic mass is 35.8. The van der Waals surface area contributed by atoms with Gasteiger partial charge in [-0.2, -0.15) is 0 Å². The van der Waals surface area contributed by atoms with E-state index in [1.807, 2.05) is 34.8 Å². The van der Waals surface area contributed by atoms with E-state index in [4.69, 9.17) is 33.2 Å². The first kappa shape index (κ1) is 27.3. The van der Waals surface area contributed by atoms with Gasteiger partial charge in [-0.05, 0) is 79.5 Å². The highest BCUT2D eigenvalue weighted by Gasteiger charge is 2.29. The first-order valence-electron chi connectivity index (χ1n) is 11.6. The monoisotopic (exact) mass is 572 g/mol. The summed E-state index contributed by atoms with van der Waals surface area (Å²) in [4.78, 5) is 6.53. The average molecular weight is 574 g/mol. The number of hydrogen-bond acceptors (Lipinski definition) is 3. The van der Waals surface area contributed by atoms with Gasteiger partial charge >= 0.3 is 6.00 Å². The highest BCUT2D eigenvalue weighted by Crippen LogP contribution is 2.30. The first-order chi connectivity index (χ1) is 15.9. The molecule has 0 aliphatic rings. The molecule has 0 aliphatic heterocycles. The first-order valence-corrected chi connectivity index (χ1v) is 19.1. The SMILES string of the molecule is CCCCCCCCc1cc(C=Cc2ccc([Si](Cl)(Cl)Cl)s2)sc1C=Cc1ccc(CC)s1. The van der Waals surface area contributed by atoms with E-state index in [0.717, 1.165) is 22.2 Å². The molecule has 0 aromatic carbocycles. The summed E-state index contributed by atoms with van der Waals surface area (Å²) in [5.74, 6) is 0. The molecule has 0 unspecified atom stereocenters. The standard InChI is InChI=1S/C26H31Cl3S3Si/c1-3-5-6-7-8-9-10-20-19-24(14-13-23-16-18-26(32-23)33(27,28)29)31-25(20)17-15-22-12-11-21(4-2)30-22/h11-19H,3-10H2,1-2H3. The van der Waals surface area contributed by atoms with Gasteiger partial charge in [-0.3, -0.25) is 0 Å². The van der Waals surface area contributed by atoms with Gasteiger partial charge in [-0.15, -0.1) is 67.2 Å². The third-order valence-corrected chi connectivity index (χ3v) is 13.4. The molecule has 3 heterocycles. The van der Waals surface area contributed by atoms with E-state index in [2.05, 4.69) is 56.4 Å². The summed E-state index contributed by atoms with van der Waals surface area (Å²) >= 11 is 23.8. The predicted molar refractivity (Wildman–Crippen MR) is 160 cm³/mol. The Morgan fingerprint density at radius 2 is 1.39 bits per heavy atom. The van der Waals surface area contributed by atoms with Crippen molar-refractivity contribution < 1.29 is 0 Å². The molecule has 0 fully saturated rings. The van der Waals surface area contributed by atoms with Crippen molar-refractivity contribution in [3.8, 4) is 0 Å². The maximum Gasteiger partial charge on any atom is 0.383 e. The topological polar surface area (TPSA) is 0 Å². The molecular formula is C26H31Cl3S3Si. The zero-order chi connectivity index (χ0) is 23.7. The zero-order valence-electron chi connectivity index (χ0n) is 19.2. The van der Waals surface area contributed by atoms with Crippen LogP contribution in [-0.4, -0.2) is 6.00 Å². The second-order valence-electron chi connectivity index (χ2n) is 8.08. The second kappa shape index (κ2) is 13.7. The number of aryl methyl sites for hydroxylation is 2. The van der Waals surface area contributed by atoms with Gasteiger partial charge in [-0.25, -0.2) is 0 Å². The lowest BCUT2D eigenvalue weighted by Crippen LogP contribution is -2.26. The lowest BCUT2D eigenvalue weighted by molar-refractivity contribution is 0.608. The second-order valence-corrected chi connectivity index (χ2v) is 20.3. The number of rotatable bonds is 13. The van der Waals surface area contributed by atoms with Gasteiger partial charge in [0.25, 0.3) is 0 Å². The van der Waals surface area contributed by atoms with Crippen LogP contribution in [0.1, 0.15) is 82.3 Å². The van der Waals surface area contributed by atoms with E-state index in [1.165, 1.54) is 63.6 Å². The lowest BCUT2D eigenvalue weighted by atomic mass is 10.0. The summed E-state index contributed by atoms with van der Waals surface area (Å²) in [6, 6.07) is 8.01. The molecule has 0 amide bonds. The molecule has 33 heavy (non-hydrogen) atoms. The van der Waals surface area contributed by atoms with Crippen LogP contribution >= 0.6 is 67.2 Å². The molecule has 0 aliphatic carbocycles. The molecule has 0 spiro atoms. The number of hydrogen-bond donors (Lipinski definition) is 0. The maximum absolute atomic E-state index is 6.15. The van der Waals surface area contributed by atoms with E-state index >= 15 is 0 Å². The van der Waals surface area contributed by atoms with Gasteiger partial charge < -0.3 is 0 Å². The van der Waals surface area contributed by atoms with Crippen LogP contribution in [0.4, 0.5) is 0 Å².